The molecule has 52 heavy (non-hydrogen) atoms. The number of hydrogen-bond acceptors (Lipinski definition) is 8. The molecular formula is C44H50N4O4. The zero-order valence-corrected chi connectivity index (χ0v) is 29.7. The van der Waals surface area contributed by atoms with E-state index in [0.29, 0.717) is 34.6 Å². The van der Waals surface area contributed by atoms with Crippen LogP contribution in [0.2, 0.25) is 0 Å². The molecule has 8 saturated carbocycles. The third-order valence-corrected chi connectivity index (χ3v) is 15.8. The lowest BCUT2D eigenvalue weighted by Gasteiger charge is -2.77. The number of rotatable bonds is 5. The first-order valence-corrected chi connectivity index (χ1v) is 19.1. The van der Waals surface area contributed by atoms with Crippen LogP contribution in [0.25, 0.3) is 0 Å². The molecule has 8 aliphatic carbocycles. The first kappa shape index (κ1) is 32.0. The molecule has 0 radical (unpaired) electrons. The minimum absolute atomic E-state index is 0.00729. The summed E-state index contributed by atoms with van der Waals surface area (Å²) in [6.07, 6.45) is 12.9. The van der Waals surface area contributed by atoms with Crippen molar-refractivity contribution in [2.45, 2.75) is 98.7 Å². The number of benzene rings is 4. The predicted octanol–water partition coefficient (Wildman–Crippen LogP) is 7.86. The Hall–Kier alpha value is -4.72. The summed E-state index contributed by atoms with van der Waals surface area (Å²) < 4.78 is 0. The second kappa shape index (κ2) is 10.0. The number of hydrogen-bond donors (Lipinski definition) is 8. The van der Waals surface area contributed by atoms with Crippen LogP contribution >= 0.6 is 0 Å². The Morgan fingerprint density at radius 2 is 0.615 bits per heavy atom. The molecular weight excluding hydrogens is 649 g/mol. The maximum absolute atomic E-state index is 10.6. The number of nitrogens with two attached hydrogens (primary N) is 4. The van der Waals surface area contributed by atoms with Gasteiger partial charge in [0.25, 0.3) is 0 Å². The number of anilines is 4. The maximum atomic E-state index is 10.6. The van der Waals surface area contributed by atoms with Crippen LogP contribution in [0.4, 0.5) is 22.7 Å². The highest BCUT2D eigenvalue weighted by molar-refractivity contribution is 5.60. The predicted molar refractivity (Wildman–Crippen MR) is 204 cm³/mol. The summed E-state index contributed by atoms with van der Waals surface area (Å²) in [7, 11) is 0. The Morgan fingerprint density at radius 3 is 0.846 bits per heavy atom. The van der Waals surface area contributed by atoms with Gasteiger partial charge in [0.05, 0.1) is 22.7 Å². The number of nitrogen functional groups attached to an aromatic ring is 4. The Morgan fingerprint density at radius 1 is 0.365 bits per heavy atom. The van der Waals surface area contributed by atoms with E-state index >= 15 is 0 Å². The zero-order valence-electron chi connectivity index (χ0n) is 29.7. The fourth-order valence-electron chi connectivity index (χ4n) is 14.9. The van der Waals surface area contributed by atoms with Crippen molar-refractivity contribution in [3.05, 3.63) is 95.1 Å². The molecule has 8 fully saturated rings. The highest BCUT2D eigenvalue weighted by atomic mass is 16.3. The van der Waals surface area contributed by atoms with Gasteiger partial charge in [-0.25, -0.2) is 0 Å². The number of phenolic OH excluding ortho intramolecular Hbond substituents is 4. The molecule has 4 atom stereocenters. The van der Waals surface area contributed by atoms with E-state index in [1.54, 1.807) is 24.3 Å². The Labute approximate surface area is 304 Å². The second-order valence-electron chi connectivity index (χ2n) is 18.8. The molecule has 0 aromatic heterocycles. The van der Waals surface area contributed by atoms with Crippen molar-refractivity contribution in [1.29, 1.82) is 0 Å². The van der Waals surface area contributed by atoms with E-state index in [-0.39, 0.29) is 55.5 Å². The summed E-state index contributed by atoms with van der Waals surface area (Å²) in [5.74, 6) is 1.47. The van der Waals surface area contributed by atoms with Gasteiger partial charge >= 0.3 is 0 Å². The minimum atomic E-state index is -0.135. The molecule has 270 valence electrons. The lowest BCUT2D eigenvalue weighted by atomic mass is 9.26. The Balaban J connectivity index is 1.20. The molecule has 12 rings (SSSR count). The van der Waals surface area contributed by atoms with Gasteiger partial charge in [-0.2, -0.15) is 0 Å². The topological polar surface area (TPSA) is 185 Å². The van der Waals surface area contributed by atoms with Gasteiger partial charge in [0.2, 0.25) is 0 Å². The third-order valence-electron chi connectivity index (χ3n) is 15.8. The molecule has 4 aromatic rings. The van der Waals surface area contributed by atoms with Crippen LogP contribution in [0.1, 0.15) is 99.3 Å². The van der Waals surface area contributed by atoms with E-state index in [1.165, 1.54) is 35.1 Å². The van der Waals surface area contributed by atoms with Crippen LogP contribution in [0.5, 0.6) is 23.0 Å². The lowest BCUT2D eigenvalue weighted by molar-refractivity contribution is -0.224. The highest BCUT2D eigenvalue weighted by Gasteiger charge is 2.75. The first-order chi connectivity index (χ1) is 24.7. The van der Waals surface area contributed by atoms with Gasteiger partial charge in [-0.3, -0.25) is 0 Å². The number of phenols is 4. The van der Waals surface area contributed by atoms with E-state index in [4.69, 9.17) is 22.9 Å². The van der Waals surface area contributed by atoms with Crippen LogP contribution in [0.15, 0.2) is 72.8 Å². The van der Waals surface area contributed by atoms with Crippen LogP contribution < -0.4 is 22.9 Å². The average Bonchev–Trinajstić information content (AvgIpc) is 3.08. The molecule has 0 spiro atoms. The quantitative estimate of drug-likeness (QED) is 0.0765. The molecule has 0 amide bonds. The lowest BCUT2D eigenvalue weighted by Crippen LogP contribution is -2.70. The summed E-state index contributed by atoms with van der Waals surface area (Å²) in [5.41, 5.74) is 31.9. The molecule has 8 nitrogen and oxygen atoms in total. The van der Waals surface area contributed by atoms with Gasteiger partial charge < -0.3 is 43.4 Å². The summed E-state index contributed by atoms with van der Waals surface area (Å²) >= 11 is 0. The average molecular weight is 699 g/mol. The van der Waals surface area contributed by atoms with Crippen molar-refractivity contribution in [3.8, 4) is 23.0 Å². The standard InChI is InChI=1S/C44H50N4O4/c45-31-9-27(1-5-35(31)49)39-13-25-14-40(19-39,28-2-6-36(50)32(46)10-28)22-43(17-25,21-39)44-18-26-15-41(23-44,29-3-7-37(51)33(47)11-29)20-42(16-26,24-44)30-4-8-38(52)34(48)12-30/h1-12,25-26,49-52H,13-24,45-48H2. The molecule has 4 unspecified atom stereocenters. The molecule has 8 heteroatoms. The monoisotopic (exact) mass is 698 g/mol. The summed E-state index contributed by atoms with van der Waals surface area (Å²) in [6, 6.07) is 23.7. The Bertz CT molecular complexity index is 1890. The van der Waals surface area contributed by atoms with Gasteiger partial charge in [0, 0.05) is 0 Å². The van der Waals surface area contributed by atoms with Crippen LogP contribution in [-0.2, 0) is 21.7 Å². The SMILES string of the molecule is Nc1cc(C23CC4CC(c5ccc(O)c(N)c5)(C2)CC(C25CC6CC(c7ccc(O)c(N)c7)(CC(c7ccc(O)c(N)c7)(C6)C2)C5)(C4)C3)ccc1O. The van der Waals surface area contributed by atoms with Crippen molar-refractivity contribution >= 4 is 22.7 Å². The molecule has 4 aromatic carbocycles. The van der Waals surface area contributed by atoms with Gasteiger partial charge in [-0.05, 0) is 192 Å². The van der Waals surface area contributed by atoms with E-state index in [2.05, 4.69) is 24.3 Å². The maximum Gasteiger partial charge on any atom is 0.138 e. The molecule has 0 saturated heterocycles. The van der Waals surface area contributed by atoms with Crippen molar-refractivity contribution in [3.63, 3.8) is 0 Å². The van der Waals surface area contributed by atoms with Crippen molar-refractivity contribution < 1.29 is 20.4 Å². The van der Waals surface area contributed by atoms with E-state index in [1.807, 2.05) is 24.3 Å². The van der Waals surface area contributed by atoms with E-state index in [9.17, 15) is 20.4 Å². The van der Waals surface area contributed by atoms with Crippen molar-refractivity contribution in [2.24, 2.45) is 22.7 Å². The van der Waals surface area contributed by atoms with Crippen molar-refractivity contribution in [2.75, 3.05) is 22.9 Å². The van der Waals surface area contributed by atoms with Gasteiger partial charge in [0.15, 0.2) is 0 Å². The van der Waals surface area contributed by atoms with Gasteiger partial charge in [-0.1, -0.05) is 24.3 Å². The smallest absolute Gasteiger partial charge is 0.138 e. The molecule has 8 bridgehead atoms. The van der Waals surface area contributed by atoms with Crippen LogP contribution in [-0.4, -0.2) is 20.4 Å². The zero-order chi connectivity index (χ0) is 36.1. The summed E-state index contributed by atoms with van der Waals surface area (Å²) in [5, 5.41) is 42.2. The minimum Gasteiger partial charge on any atom is -0.506 e. The molecule has 0 heterocycles. The Kier molecular flexibility index (Phi) is 6.16. The van der Waals surface area contributed by atoms with Gasteiger partial charge in [-0.15, -0.1) is 0 Å². The highest BCUT2D eigenvalue weighted by Crippen LogP contribution is 2.82. The van der Waals surface area contributed by atoms with E-state index < -0.39 is 0 Å². The molecule has 0 aliphatic heterocycles. The fourth-order valence-corrected chi connectivity index (χ4v) is 14.9. The first-order valence-electron chi connectivity index (χ1n) is 19.1. The normalized spacial score (nSPS) is 38.2. The third kappa shape index (κ3) is 4.15. The van der Waals surface area contributed by atoms with Crippen LogP contribution in [0.3, 0.4) is 0 Å². The van der Waals surface area contributed by atoms with Crippen molar-refractivity contribution in [1.82, 2.24) is 0 Å². The van der Waals surface area contributed by atoms with E-state index in [0.717, 1.165) is 64.2 Å². The van der Waals surface area contributed by atoms with Gasteiger partial charge in [0.1, 0.15) is 23.0 Å². The second-order valence-corrected chi connectivity index (χ2v) is 18.8. The fraction of sp³-hybridized carbons (Fsp3) is 0.455. The molecule has 12 N–H and O–H groups in total. The summed E-state index contributed by atoms with van der Waals surface area (Å²) in [4.78, 5) is 0. The van der Waals surface area contributed by atoms with Crippen LogP contribution in [0, 0.1) is 22.7 Å². The largest absolute Gasteiger partial charge is 0.506 e. The number of aromatic hydroxyl groups is 4. The summed E-state index contributed by atoms with van der Waals surface area (Å²) in [6.45, 7) is 0. The molecule has 8 aliphatic rings.